The van der Waals surface area contributed by atoms with E-state index in [1.165, 1.54) is 4.90 Å². The molecule has 0 aliphatic heterocycles. The van der Waals surface area contributed by atoms with Gasteiger partial charge in [-0.05, 0) is 24.3 Å². The van der Waals surface area contributed by atoms with E-state index in [-0.39, 0.29) is 5.56 Å². The average Bonchev–Trinajstić information content (AvgIpc) is 2.53. The van der Waals surface area contributed by atoms with Gasteiger partial charge in [0.2, 0.25) is 0 Å². The molecule has 3 aromatic rings. The molecule has 0 saturated carbocycles. The van der Waals surface area contributed by atoms with Crippen LogP contribution in [0.4, 0.5) is 0 Å². The van der Waals surface area contributed by atoms with Gasteiger partial charge in [-0.25, -0.2) is 4.98 Å². The number of hydrogen-bond acceptors (Lipinski definition) is 3. The van der Waals surface area contributed by atoms with Crippen molar-refractivity contribution in [2.24, 2.45) is 7.05 Å². The van der Waals surface area contributed by atoms with Crippen molar-refractivity contribution in [2.75, 3.05) is 5.75 Å². The van der Waals surface area contributed by atoms with Crippen molar-refractivity contribution in [2.45, 2.75) is 11.3 Å². The normalized spacial score (nSPS) is 10.9. The van der Waals surface area contributed by atoms with Crippen molar-refractivity contribution in [3.8, 4) is 0 Å². The van der Waals surface area contributed by atoms with Crippen LogP contribution < -0.4 is 5.56 Å². The Hall–Kier alpha value is -2.07. The highest BCUT2D eigenvalue weighted by Gasteiger charge is 2.07. The molecule has 0 aliphatic rings. The molecule has 0 N–H and O–H groups in total. The zero-order valence-corrected chi connectivity index (χ0v) is 12.6. The van der Waals surface area contributed by atoms with Crippen LogP contribution in [0.1, 0.15) is 5.82 Å². The third-order valence-corrected chi connectivity index (χ3v) is 4.43. The highest BCUT2D eigenvalue weighted by atomic mass is 32.2. The van der Waals surface area contributed by atoms with Crippen molar-refractivity contribution < 1.29 is 0 Å². The summed E-state index contributed by atoms with van der Waals surface area (Å²) in [4.78, 5) is 18.2. The van der Waals surface area contributed by atoms with E-state index >= 15 is 0 Å². The van der Waals surface area contributed by atoms with Crippen molar-refractivity contribution in [1.82, 2.24) is 9.55 Å². The smallest absolute Gasteiger partial charge is 0.261 e. The fourth-order valence-electron chi connectivity index (χ4n) is 2.26. The van der Waals surface area contributed by atoms with E-state index in [0.29, 0.717) is 5.39 Å². The van der Waals surface area contributed by atoms with Gasteiger partial charge in [0.1, 0.15) is 5.82 Å². The summed E-state index contributed by atoms with van der Waals surface area (Å²) in [5.41, 5.74) is 0.806. The summed E-state index contributed by atoms with van der Waals surface area (Å²) in [6.45, 7) is 0. The third kappa shape index (κ3) is 3.00. The zero-order valence-electron chi connectivity index (χ0n) is 11.8. The predicted molar refractivity (Wildman–Crippen MR) is 87.9 cm³/mol. The number of aromatic nitrogens is 2. The van der Waals surface area contributed by atoms with Crippen LogP contribution in [0.3, 0.4) is 0 Å². The Kier molecular flexibility index (Phi) is 4.06. The number of fused-ring (bicyclic) bond motifs is 1. The monoisotopic (exact) mass is 296 g/mol. The van der Waals surface area contributed by atoms with Gasteiger partial charge < -0.3 is 0 Å². The van der Waals surface area contributed by atoms with Gasteiger partial charge >= 0.3 is 0 Å². The highest BCUT2D eigenvalue weighted by Crippen LogP contribution is 2.18. The van der Waals surface area contributed by atoms with Crippen molar-refractivity contribution in [1.29, 1.82) is 0 Å². The molecule has 1 aromatic heterocycles. The molecule has 1 heterocycles. The Morgan fingerprint density at radius 2 is 1.76 bits per heavy atom. The fourth-order valence-corrected chi connectivity index (χ4v) is 3.13. The van der Waals surface area contributed by atoms with E-state index in [0.717, 1.165) is 23.5 Å². The number of hydrogen-bond donors (Lipinski definition) is 0. The van der Waals surface area contributed by atoms with Crippen LogP contribution in [0.15, 0.2) is 64.3 Å². The Balaban J connectivity index is 1.81. The molecule has 3 rings (SSSR count). The minimum atomic E-state index is 0.0281. The summed E-state index contributed by atoms with van der Waals surface area (Å²) in [6.07, 6.45) is 0.774. The maximum atomic E-state index is 12.3. The Bertz CT molecular complexity index is 812. The second kappa shape index (κ2) is 6.14. The van der Waals surface area contributed by atoms with E-state index in [1.54, 1.807) is 23.4 Å². The summed E-state index contributed by atoms with van der Waals surface area (Å²) in [7, 11) is 1.80. The SMILES string of the molecule is Cn1c(CCSc2ccccc2)nc2ccccc2c1=O. The van der Waals surface area contributed by atoms with Gasteiger partial charge in [0.05, 0.1) is 10.9 Å². The maximum absolute atomic E-state index is 12.3. The fraction of sp³-hybridized carbons (Fsp3) is 0.176. The summed E-state index contributed by atoms with van der Waals surface area (Å²) in [5.74, 6) is 1.74. The lowest BCUT2D eigenvalue weighted by Gasteiger charge is -2.09. The molecule has 0 bridgehead atoms. The molecule has 0 unspecified atom stereocenters. The molecular formula is C17H16N2OS. The number of para-hydroxylation sites is 1. The summed E-state index contributed by atoms with van der Waals surface area (Å²) >= 11 is 1.78. The molecule has 0 amide bonds. The van der Waals surface area contributed by atoms with Crippen LogP contribution in [0, 0.1) is 0 Å². The summed E-state index contributed by atoms with van der Waals surface area (Å²) < 4.78 is 1.66. The van der Waals surface area contributed by atoms with E-state index in [9.17, 15) is 4.79 Å². The Labute approximate surface area is 127 Å². The number of aryl methyl sites for hydroxylation is 1. The first-order valence-corrected chi connectivity index (χ1v) is 7.87. The van der Waals surface area contributed by atoms with Crippen LogP contribution in [0.25, 0.3) is 10.9 Å². The van der Waals surface area contributed by atoms with Crippen molar-refractivity contribution >= 4 is 22.7 Å². The first kappa shape index (κ1) is 13.9. The standard InChI is InChI=1S/C17H16N2OS/c1-19-16(11-12-21-13-7-3-2-4-8-13)18-15-10-6-5-9-14(15)17(19)20/h2-10H,11-12H2,1H3. The topological polar surface area (TPSA) is 34.9 Å². The van der Waals surface area contributed by atoms with Gasteiger partial charge in [-0.1, -0.05) is 30.3 Å². The van der Waals surface area contributed by atoms with Gasteiger partial charge in [0.25, 0.3) is 5.56 Å². The quantitative estimate of drug-likeness (QED) is 0.693. The maximum Gasteiger partial charge on any atom is 0.261 e. The van der Waals surface area contributed by atoms with Crippen LogP contribution in [-0.2, 0) is 13.5 Å². The van der Waals surface area contributed by atoms with Gasteiger partial charge in [0.15, 0.2) is 0 Å². The molecule has 21 heavy (non-hydrogen) atoms. The number of benzene rings is 2. The highest BCUT2D eigenvalue weighted by molar-refractivity contribution is 7.99. The van der Waals surface area contributed by atoms with Gasteiger partial charge in [-0.15, -0.1) is 11.8 Å². The first-order chi connectivity index (χ1) is 10.3. The summed E-state index contributed by atoms with van der Waals surface area (Å²) in [5, 5.41) is 0.680. The largest absolute Gasteiger partial charge is 0.299 e. The summed E-state index contributed by atoms with van der Waals surface area (Å²) in [6, 6.07) is 17.8. The van der Waals surface area contributed by atoms with Gasteiger partial charge in [0, 0.05) is 24.1 Å². The molecule has 4 heteroatoms. The molecule has 2 aromatic carbocycles. The lowest BCUT2D eigenvalue weighted by molar-refractivity contribution is 0.755. The van der Waals surface area contributed by atoms with Crippen LogP contribution >= 0.6 is 11.8 Å². The average molecular weight is 296 g/mol. The molecule has 0 fully saturated rings. The van der Waals surface area contributed by atoms with Crippen LogP contribution in [0.2, 0.25) is 0 Å². The molecule has 3 nitrogen and oxygen atoms in total. The third-order valence-electron chi connectivity index (χ3n) is 3.41. The molecule has 0 radical (unpaired) electrons. The number of nitrogens with zero attached hydrogens (tertiary/aromatic N) is 2. The van der Waals surface area contributed by atoms with Gasteiger partial charge in [-0.2, -0.15) is 0 Å². The number of rotatable bonds is 4. The zero-order chi connectivity index (χ0) is 14.7. The predicted octanol–water partition coefficient (Wildman–Crippen LogP) is 3.27. The van der Waals surface area contributed by atoms with Gasteiger partial charge in [-0.3, -0.25) is 9.36 Å². The molecule has 0 spiro atoms. The molecule has 0 saturated heterocycles. The van der Waals surface area contributed by atoms with E-state index in [1.807, 2.05) is 42.5 Å². The Morgan fingerprint density at radius 3 is 2.57 bits per heavy atom. The second-order valence-electron chi connectivity index (χ2n) is 4.82. The van der Waals surface area contributed by atoms with Crippen LogP contribution in [0.5, 0.6) is 0 Å². The minimum Gasteiger partial charge on any atom is -0.299 e. The van der Waals surface area contributed by atoms with E-state index in [4.69, 9.17) is 0 Å². The van der Waals surface area contributed by atoms with E-state index < -0.39 is 0 Å². The van der Waals surface area contributed by atoms with Crippen molar-refractivity contribution in [3.05, 3.63) is 70.8 Å². The number of thioether (sulfide) groups is 1. The molecule has 106 valence electrons. The Morgan fingerprint density at radius 1 is 1.05 bits per heavy atom. The molecular weight excluding hydrogens is 280 g/mol. The first-order valence-electron chi connectivity index (χ1n) is 6.88. The molecule has 0 aliphatic carbocycles. The molecule has 0 atom stereocenters. The van der Waals surface area contributed by atoms with E-state index in [2.05, 4.69) is 17.1 Å². The van der Waals surface area contributed by atoms with Crippen LogP contribution in [-0.4, -0.2) is 15.3 Å². The minimum absolute atomic E-state index is 0.0281. The lowest BCUT2D eigenvalue weighted by Crippen LogP contribution is -2.22. The lowest BCUT2D eigenvalue weighted by atomic mass is 10.2. The second-order valence-corrected chi connectivity index (χ2v) is 5.99. The van der Waals surface area contributed by atoms with Crippen molar-refractivity contribution in [3.63, 3.8) is 0 Å².